The average Bonchev–Trinajstić information content (AvgIpc) is 2.48. The summed E-state index contributed by atoms with van der Waals surface area (Å²) < 4.78 is 16.4. The second-order valence-corrected chi connectivity index (χ2v) is 5.64. The van der Waals surface area contributed by atoms with E-state index in [-0.39, 0.29) is 5.54 Å². The van der Waals surface area contributed by atoms with E-state index in [2.05, 4.69) is 11.8 Å². The van der Waals surface area contributed by atoms with Crippen LogP contribution in [0.2, 0.25) is 0 Å². The van der Waals surface area contributed by atoms with Crippen LogP contribution in [0.1, 0.15) is 32.6 Å². The van der Waals surface area contributed by atoms with Gasteiger partial charge in [0.15, 0.2) is 0 Å². The summed E-state index contributed by atoms with van der Waals surface area (Å²) in [7, 11) is 3.49. The van der Waals surface area contributed by atoms with E-state index in [1.54, 1.807) is 14.2 Å². The van der Waals surface area contributed by atoms with Gasteiger partial charge in [0.2, 0.25) is 0 Å². The van der Waals surface area contributed by atoms with Gasteiger partial charge in [-0.3, -0.25) is 4.90 Å². The van der Waals surface area contributed by atoms with Crippen molar-refractivity contribution in [1.29, 1.82) is 0 Å². The smallest absolute Gasteiger partial charge is 0.0593 e. The van der Waals surface area contributed by atoms with Gasteiger partial charge in [0.05, 0.1) is 19.3 Å². The molecular formula is C15H32N2O3. The number of nitrogens with zero attached hydrogens (tertiary/aromatic N) is 1. The van der Waals surface area contributed by atoms with Crippen molar-refractivity contribution in [3.8, 4) is 0 Å². The Kier molecular flexibility index (Phi) is 8.64. The number of hydrogen-bond donors (Lipinski definition) is 1. The zero-order chi connectivity index (χ0) is 14.8. The van der Waals surface area contributed by atoms with E-state index < -0.39 is 0 Å². The minimum Gasteiger partial charge on any atom is -0.383 e. The highest BCUT2D eigenvalue weighted by molar-refractivity contribution is 4.96. The van der Waals surface area contributed by atoms with Gasteiger partial charge in [-0.05, 0) is 19.3 Å². The van der Waals surface area contributed by atoms with Gasteiger partial charge in [0.25, 0.3) is 0 Å². The van der Waals surface area contributed by atoms with Crippen LogP contribution in [0.25, 0.3) is 0 Å². The molecule has 2 N–H and O–H groups in total. The van der Waals surface area contributed by atoms with Crippen LogP contribution in [0, 0.1) is 0 Å². The van der Waals surface area contributed by atoms with Crippen LogP contribution in [-0.4, -0.2) is 70.2 Å². The standard InChI is InChI=1S/C15H32N2O3/c1-4-5-14-12-15(13-16,6-9-20-14)17(7-10-18-2)8-11-19-3/h14H,4-13,16H2,1-3H3. The highest BCUT2D eigenvalue weighted by Crippen LogP contribution is 2.31. The summed E-state index contributed by atoms with van der Waals surface area (Å²) in [4.78, 5) is 2.45. The third-order valence-corrected chi connectivity index (χ3v) is 4.32. The Balaban J connectivity index is 2.73. The summed E-state index contributed by atoms with van der Waals surface area (Å²) in [6.45, 7) is 6.93. The third kappa shape index (κ3) is 4.97. The number of methoxy groups -OCH3 is 2. The lowest BCUT2D eigenvalue weighted by molar-refractivity contribution is -0.0818. The minimum atomic E-state index is 0.0369. The first-order valence-electron chi connectivity index (χ1n) is 7.77. The van der Waals surface area contributed by atoms with Crippen molar-refractivity contribution in [2.24, 2.45) is 5.73 Å². The summed E-state index contributed by atoms with van der Waals surface area (Å²) in [5.74, 6) is 0. The van der Waals surface area contributed by atoms with Crippen LogP contribution in [0.5, 0.6) is 0 Å². The third-order valence-electron chi connectivity index (χ3n) is 4.32. The van der Waals surface area contributed by atoms with Gasteiger partial charge in [-0.1, -0.05) is 13.3 Å². The van der Waals surface area contributed by atoms with Crippen LogP contribution in [0.15, 0.2) is 0 Å². The molecule has 120 valence electrons. The molecule has 2 atom stereocenters. The van der Waals surface area contributed by atoms with Gasteiger partial charge in [-0.15, -0.1) is 0 Å². The Hall–Kier alpha value is -0.200. The maximum atomic E-state index is 6.16. The topological polar surface area (TPSA) is 57.0 Å². The first-order valence-corrected chi connectivity index (χ1v) is 7.77. The van der Waals surface area contributed by atoms with Crippen LogP contribution in [-0.2, 0) is 14.2 Å². The van der Waals surface area contributed by atoms with Crippen LogP contribution < -0.4 is 5.73 Å². The molecule has 0 aromatic carbocycles. The van der Waals surface area contributed by atoms with E-state index in [1.807, 2.05) is 0 Å². The molecule has 5 nitrogen and oxygen atoms in total. The van der Waals surface area contributed by atoms with Crippen molar-refractivity contribution in [2.45, 2.75) is 44.2 Å². The molecule has 0 amide bonds. The van der Waals surface area contributed by atoms with E-state index >= 15 is 0 Å². The molecule has 0 radical (unpaired) electrons. The molecule has 1 saturated heterocycles. The first kappa shape index (κ1) is 17.9. The summed E-state index contributed by atoms with van der Waals surface area (Å²) in [5.41, 5.74) is 6.20. The monoisotopic (exact) mass is 288 g/mol. The zero-order valence-electron chi connectivity index (χ0n) is 13.4. The summed E-state index contributed by atoms with van der Waals surface area (Å²) in [5, 5.41) is 0. The van der Waals surface area contributed by atoms with Gasteiger partial charge >= 0.3 is 0 Å². The van der Waals surface area contributed by atoms with E-state index in [9.17, 15) is 0 Å². The quantitative estimate of drug-likeness (QED) is 0.656. The Bertz CT molecular complexity index is 243. The molecule has 0 spiro atoms. The van der Waals surface area contributed by atoms with Crippen LogP contribution >= 0.6 is 0 Å². The maximum Gasteiger partial charge on any atom is 0.0593 e. The number of ether oxygens (including phenoxy) is 3. The minimum absolute atomic E-state index is 0.0369. The van der Waals surface area contributed by atoms with Crippen molar-refractivity contribution in [1.82, 2.24) is 4.90 Å². The Morgan fingerprint density at radius 3 is 2.40 bits per heavy atom. The number of nitrogens with two attached hydrogens (primary N) is 1. The van der Waals surface area contributed by atoms with Crippen LogP contribution in [0.3, 0.4) is 0 Å². The lowest BCUT2D eigenvalue weighted by atomic mass is 9.83. The van der Waals surface area contributed by atoms with Crippen LogP contribution in [0.4, 0.5) is 0 Å². The second-order valence-electron chi connectivity index (χ2n) is 5.64. The van der Waals surface area contributed by atoms with Crippen molar-refractivity contribution in [3.05, 3.63) is 0 Å². The van der Waals surface area contributed by atoms with E-state index in [1.165, 1.54) is 0 Å². The molecule has 1 fully saturated rings. The maximum absolute atomic E-state index is 6.16. The zero-order valence-corrected chi connectivity index (χ0v) is 13.4. The summed E-state index contributed by atoms with van der Waals surface area (Å²) in [6.07, 6.45) is 4.62. The van der Waals surface area contributed by atoms with Crippen molar-refractivity contribution in [3.63, 3.8) is 0 Å². The molecular weight excluding hydrogens is 256 g/mol. The SMILES string of the molecule is CCCC1CC(CN)(N(CCOC)CCOC)CCO1. The van der Waals surface area contributed by atoms with Crippen molar-refractivity contribution < 1.29 is 14.2 Å². The number of hydrogen-bond acceptors (Lipinski definition) is 5. The fourth-order valence-electron chi connectivity index (χ4n) is 3.10. The fraction of sp³-hybridized carbons (Fsp3) is 1.00. The molecule has 5 heteroatoms. The molecule has 0 saturated carbocycles. The molecule has 1 heterocycles. The van der Waals surface area contributed by atoms with E-state index in [0.717, 1.165) is 58.6 Å². The summed E-state index contributed by atoms with van der Waals surface area (Å²) >= 11 is 0. The second kappa shape index (κ2) is 9.68. The molecule has 0 aromatic rings. The van der Waals surface area contributed by atoms with Gasteiger partial charge < -0.3 is 19.9 Å². The largest absolute Gasteiger partial charge is 0.383 e. The predicted octanol–water partition coefficient (Wildman–Crippen LogP) is 1.26. The molecule has 1 aliphatic heterocycles. The molecule has 1 aliphatic rings. The van der Waals surface area contributed by atoms with E-state index in [0.29, 0.717) is 12.6 Å². The Morgan fingerprint density at radius 2 is 1.90 bits per heavy atom. The molecule has 2 unspecified atom stereocenters. The number of rotatable bonds is 10. The van der Waals surface area contributed by atoms with Gasteiger partial charge in [-0.25, -0.2) is 0 Å². The van der Waals surface area contributed by atoms with E-state index in [4.69, 9.17) is 19.9 Å². The first-order chi connectivity index (χ1) is 9.72. The molecule has 0 aliphatic carbocycles. The molecule has 0 aromatic heterocycles. The lowest BCUT2D eigenvalue weighted by Crippen LogP contribution is -2.60. The highest BCUT2D eigenvalue weighted by atomic mass is 16.5. The lowest BCUT2D eigenvalue weighted by Gasteiger charge is -2.48. The highest BCUT2D eigenvalue weighted by Gasteiger charge is 2.40. The van der Waals surface area contributed by atoms with Gasteiger partial charge in [-0.2, -0.15) is 0 Å². The predicted molar refractivity (Wildman–Crippen MR) is 81.0 cm³/mol. The van der Waals surface area contributed by atoms with Gasteiger partial charge in [0.1, 0.15) is 0 Å². The van der Waals surface area contributed by atoms with Crippen molar-refractivity contribution in [2.75, 3.05) is 53.7 Å². The summed E-state index contributed by atoms with van der Waals surface area (Å²) in [6, 6.07) is 0. The van der Waals surface area contributed by atoms with Gasteiger partial charge in [0, 0.05) is 46.0 Å². The molecule has 20 heavy (non-hydrogen) atoms. The normalized spacial score (nSPS) is 27.1. The Morgan fingerprint density at radius 1 is 1.25 bits per heavy atom. The average molecular weight is 288 g/mol. The Labute approximate surface area is 123 Å². The van der Waals surface area contributed by atoms with Crippen molar-refractivity contribution >= 4 is 0 Å². The molecule has 1 rings (SSSR count). The fourth-order valence-corrected chi connectivity index (χ4v) is 3.10. The molecule has 0 bridgehead atoms.